The first kappa shape index (κ1) is 14.9. The highest BCUT2D eigenvalue weighted by atomic mass is 16.5. The summed E-state index contributed by atoms with van der Waals surface area (Å²) in [5, 5.41) is 9.57. The third kappa shape index (κ3) is 3.73. The first-order chi connectivity index (χ1) is 9.58. The predicted molar refractivity (Wildman–Crippen MR) is 77.8 cm³/mol. The highest BCUT2D eigenvalue weighted by molar-refractivity contribution is 5.76. The first-order valence-electron chi connectivity index (χ1n) is 7.23. The molecule has 4 heteroatoms. The number of aryl methyl sites for hydroxylation is 1. The van der Waals surface area contributed by atoms with E-state index in [1.54, 1.807) is 4.90 Å². The van der Waals surface area contributed by atoms with E-state index in [9.17, 15) is 9.90 Å². The molecule has 0 aromatic heterocycles. The number of β-amino-alcohol motifs (C(OH)–C–C–N with tert-alkyl or cyclic N) is 1. The number of ether oxygens (including phenoxy) is 1. The Bertz CT molecular complexity index is 473. The predicted octanol–water partition coefficient (Wildman–Crippen LogP) is 2.06. The van der Waals surface area contributed by atoms with Crippen LogP contribution in [-0.4, -0.2) is 41.7 Å². The van der Waals surface area contributed by atoms with E-state index >= 15 is 0 Å². The topological polar surface area (TPSA) is 49.8 Å². The van der Waals surface area contributed by atoms with Crippen molar-refractivity contribution in [2.45, 2.75) is 39.2 Å². The van der Waals surface area contributed by atoms with Crippen molar-refractivity contribution >= 4 is 5.91 Å². The van der Waals surface area contributed by atoms with Crippen molar-refractivity contribution in [1.82, 2.24) is 4.90 Å². The molecule has 0 aliphatic carbocycles. The van der Waals surface area contributed by atoms with Crippen LogP contribution in [0, 0.1) is 13.8 Å². The lowest BCUT2D eigenvalue weighted by Crippen LogP contribution is -2.42. The van der Waals surface area contributed by atoms with Crippen LogP contribution in [0.1, 0.15) is 30.4 Å². The van der Waals surface area contributed by atoms with Gasteiger partial charge in [-0.15, -0.1) is 0 Å². The molecule has 2 rings (SSSR count). The Morgan fingerprint density at radius 1 is 1.45 bits per heavy atom. The zero-order valence-electron chi connectivity index (χ0n) is 12.3. The van der Waals surface area contributed by atoms with Crippen LogP contribution in [0.15, 0.2) is 18.2 Å². The van der Waals surface area contributed by atoms with Gasteiger partial charge in [0.15, 0.2) is 0 Å². The number of aliphatic hydroxyl groups excluding tert-OH is 1. The molecule has 1 atom stereocenters. The quantitative estimate of drug-likeness (QED) is 0.916. The van der Waals surface area contributed by atoms with E-state index < -0.39 is 0 Å². The standard InChI is InChI=1S/C16H23NO3/c1-12-5-3-7-15(13(12)2)20-10-8-16(19)17-9-4-6-14(18)11-17/h3,5,7,14,18H,4,6,8-11H2,1-2H3. The average molecular weight is 277 g/mol. The van der Waals surface area contributed by atoms with Gasteiger partial charge in [-0.2, -0.15) is 0 Å². The fourth-order valence-electron chi connectivity index (χ4n) is 2.47. The van der Waals surface area contributed by atoms with Gasteiger partial charge in [0.1, 0.15) is 5.75 Å². The molecule has 1 aliphatic heterocycles. The highest BCUT2D eigenvalue weighted by Crippen LogP contribution is 2.20. The second-order valence-electron chi connectivity index (χ2n) is 5.43. The minimum Gasteiger partial charge on any atom is -0.493 e. The molecule has 1 aromatic rings. The van der Waals surface area contributed by atoms with Gasteiger partial charge in [0.2, 0.25) is 5.91 Å². The van der Waals surface area contributed by atoms with E-state index in [1.165, 1.54) is 5.56 Å². The molecular formula is C16H23NO3. The van der Waals surface area contributed by atoms with E-state index in [-0.39, 0.29) is 12.0 Å². The van der Waals surface area contributed by atoms with Crippen molar-refractivity contribution in [2.75, 3.05) is 19.7 Å². The molecule has 1 aliphatic rings. The molecule has 1 aromatic carbocycles. The lowest BCUT2D eigenvalue weighted by atomic mass is 10.1. The van der Waals surface area contributed by atoms with Crippen LogP contribution in [-0.2, 0) is 4.79 Å². The van der Waals surface area contributed by atoms with Crippen molar-refractivity contribution in [1.29, 1.82) is 0 Å². The molecule has 1 heterocycles. The maximum atomic E-state index is 12.0. The number of carbonyl (C=O) groups excluding carboxylic acids is 1. The van der Waals surface area contributed by atoms with Crippen LogP contribution in [0.5, 0.6) is 5.75 Å². The molecule has 4 nitrogen and oxygen atoms in total. The van der Waals surface area contributed by atoms with Gasteiger partial charge < -0.3 is 14.7 Å². The second kappa shape index (κ2) is 6.75. The molecule has 1 N–H and O–H groups in total. The number of hydrogen-bond acceptors (Lipinski definition) is 3. The van der Waals surface area contributed by atoms with E-state index in [4.69, 9.17) is 4.74 Å². The average Bonchev–Trinajstić information content (AvgIpc) is 2.43. The molecule has 0 radical (unpaired) electrons. The third-order valence-corrected chi connectivity index (χ3v) is 3.88. The van der Waals surface area contributed by atoms with E-state index in [2.05, 4.69) is 0 Å². The van der Waals surface area contributed by atoms with Crippen LogP contribution in [0.25, 0.3) is 0 Å². The Morgan fingerprint density at radius 3 is 3.00 bits per heavy atom. The SMILES string of the molecule is Cc1cccc(OCCC(=O)N2CCCC(O)C2)c1C. The minimum atomic E-state index is -0.368. The van der Waals surface area contributed by atoms with Crippen LogP contribution < -0.4 is 4.74 Å². The number of piperidine rings is 1. The summed E-state index contributed by atoms with van der Waals surface area (Å²) in [6.07, 6.45) is 1.67. The van der Waals surface area contributed by atoms with Gasteiger partial charge in [-0.3, -0.25) is 4.79 Å². The summed E-state index contributed by atoms with van der Waals surface area (Å²) in [6, 6.07) is 5.93. The van der Waals surface area contributed by atoms with Crippen molar-refractivity contribution < 1.29 is 14.6 Å². The summed E-state index contributed by atoms with van der Waals surface area (Å²) in [4.78, 5) is 13.8. The van der Waals surface area contributed by atoms with Gasteiger partial charge >= 0.3 is 0 Å². The number of aliphatic hydroxyl groups is 1. The van der Waals surface area contributed by atoms with Crippen LogP contribution >= 0.6 is 0 Å². The highest BCUT2D eigenvalue weighted by Gasteiger charge is 2.21. The summed E-state index contributed by atoms with van der Waals surface area (Å²) in [5.41, 5.74) is 2.31. The van der Waals surface area contributed by atoms with Gasteiger partial charge in [-0.25, -0.2) is 0 Å². The molecule has 20 heavy (non-hydrogen) atoms. The zero-order chi connectivity index (χ0) is 14.5. The molecule has 1 amide bonds. The lowest BCUT2D eigenvalue weighted by Gasteiger charge is -2.30. The minimum absolute atomic E-state index is 0.0639. The first-order valence-corrected chi connectivity index (χ1v) is 7.23. The number of rotatable bonds is 4. The maximum absolute atomic E-state index is 12.0. The summed E-state index contributed by atoms with van der Waals surface area (Å²) >= 11 is 0. The van der Waals surface area contributed by atoms with Crippen molar-refractivity contribution in [3.63, 3.8) is 0 Å². The fraction of sp³-hybridized carbons (Fsp3) is 0.562. The van der Waals surface area contributed by atoms with Gasteiger partial charge in [0, 0.05) is 13.1 Å². The van der Waals surface area contributed by atoms with Gasteiger partial charge in [-0.05, 0) is 43.9 Å². The van der Waals surface area contributed by atoms with Crippen molar-refractivity contribution in [3.8, 4) is 5.75 Å². The maximum Gasteiger partial charge on any atom is 0.226 e. The molecule has 1 saturated heterocycles. The smallest absolute Gasteiger partial charge is 0.226 e. The second-order valence-corrected chi connectivity index (χ2v) is 5.43. The normalized spacial score (nSPS) is 18.9. The molecule has 1 fully saturated rings. The van der Waals surface area contributed by atoms with Crippen LogP contribution in [0.2, 0.25) is 0 Å². The van der Waals surface area contributed by atoms with E-state index in [0.29, 0.717) is 19.6 Å². The summed E-state index contributed by atoms with van der Waals surface area (Å²) in [6.45, 7) is 5.66. The Hall–Kier alpha value is -1.55. The molecule has 0 bridgehead atoms. The Balaban J connectivity index is 1.80. The van der Waals surface area contributed by atoms with E-state index in [0.717, 1.165) is 30.7 Å². The van der Waals surface area contributed by atoms with E-state index in [1.807, 2.05) is 32.0 Å². The van der Waals surface area contributed by atoms with Gasteiger partial charge in [0.05, 0.1) is 19.1 Å². The van der Waals surface area contributed by atoms with Crippen LogP contribution in [0.4, 0.5) is 0 Å². The Kier molecular flexibility index (Phi) is 5.01. The number of hydrogen-bond donors (Lipinski definition) is 1. The Labute approximate surface area is 120 Å². The largest absolute Gasteiger partial charge is 0.493 e. The number of likely N-dealkylation sites (tertiary alicyclic amines) is 1. The third-order valence-electron chi connectivity index (χ3n) is 3.88. The van der Waals surface area contributed by atoms with Crippen molar-refractivity contribution in [3.05, 3.63) is 29.3 Å². The van der Waals surface area contributed by atoms with Crippen molar-refractivity contribution in [2.24, 2.45) is 0 Å². The number of nitrogens with zero attached hydrogens (tertiary/aromatic N) is 1. The monoisotopic (exact) mass is 277 g/mol. The number of carbonyl (C=O) groups is 1. The summed E-state index contributed by atoms with van der Waals surface area (Å²) < 4.78 is 5.70. The molecule has 0 spiro atoms. The number of amides is 1. The molecule has 0 saturated carbocycles. The van der Waals surface area contributed by atoms with Crippen LogP contribution in [0.3, 0.4) is 0 Å². The zero-order valence-corrected chi connectivity index (χ0v) is 12.3. The molecule has 110 valence electrons. The Morgan fingerprint density at radius 2 is 2.25 bits per heavy atom. The van der Waals surface area contributed by atoms with Gasteiger partial charge in [0.25, 0.3) is 0 Å². The molecular weight excluding hydrogens is 254 g/mol. The lowest BCUT2D eigenvalue weighted by molar-refractivity contribution is -0.134. The number of benzene rings is 1. The fourth-order valence-corrected chi connectivity index (χ4v) is 2.47. The summed E-state index contributed by atoms with van der Waals surface area (Å²) in [7, 11) is 0. The summed E-state index contributed by atoms with van der Waals surface area (Å²) in [5.74, 6) is 0.908. The molecule has 1 unspecified atom stereocenters. The van der Waals surface area contributed by atoms with Gasteiger partial charge in [-0.1, -0.05) is 12.1 Å².